The molecule has 126 valence electrons. The van der Waals surface area contributed by atoms with E-state index in [1.54, 1.807) is 24.1 Å². The summed E-state index contributed by atoms with van der Waals surface area (Å²) in [6, 6.07) is 13.8. The summed E-state index contributed by atoms with van der Waals surface area (Å²) < 4.78 is 18.7. The Balaban J connectivity index is 1.72. The van der Waals surface area contributed by atoms with Crippen molar-refractivity contribution in [1.82, 2.24) is 4.90 Å². The molecule has 1 amide bonds. The molecular formula is C19H21FN2O2. The largest absolute Gasteiger partial charge is 0.497 e. The van der Waals surface area contributed by atoms with E-state index in [1.807, 2.05) is 31.2 Å². The summed E-state index contributed by atoms with van der Waals surface area (Å²) in [6.07, 6.45) is 0. The first-order valence-corrected chi connectivity index (χ1v) is 8.02. The van der Waals surface area contributed by atoms with Crippen molar-refractivity contribution in [2.75, 3.05) is 25.1 Å². The van der Waals surface area contributed by atoms with Gasteiger partial charge in [0.1, 0.15) is 11.6 Å². The average molecular weight is 328 g/mol. The number of piperazine rings is 1. The second-order valence-corrected chi connectivity index (χ2v) is 5.97. The molecule has 5 heteroatoms. The Labute approximate surface area is 141 Å². The molecule has 0 radical (unpaired) electrons. The molecule has 1 aliphatic heterocycles. The van der Waals surface area contributed by atoms with Gasteiger partial charge in [0, 0.05) is 25.3 Å². The van der Waals surface area contributed by atoms with Crippen LogP contribution in [-0.2, 0) is 11.3 Å². The molecule has 0 N–H and O–H groups in total. The maximum Gasteiger partial charge on any atom is 0.244 e. The molecule has 0 saturated carbocycles. The van der Waals surface area contributed by atoms with Gasteiger partial charge in [0.2, 0.25) is 5.91 Å². The van der Waals surface area contributed by atoms with Crippen molar-refractivity contribution in [3.05, 3.63) is 59.9 Å². The van der Waals surface area contributed by atoms with Gasteiger partial charge in [-0.2, -0.15) is 0 Å². The molecule has 24 heavy (non-hydrogen) atoms. The van der Waals surface area contributed by atoms with Crippen LogP contribution in [0.2, 0.25) is 0 Å². The van der Waals surface area contributed by atoms with Gasteiger partial charge >= 0.3 is 0 Å². The highest BCUT2D eigenvalue weighted by atomic mass is 19.1. The van der Waals surface area contributed by atoms with Crippen molar-refractivity contribution in [2.24, 2.45) is 0 Å². The normalized spacial score (nSPS) is 18.7. The molecule has 1 unspecified atom stereocenters. The number of carbonyl (C=O) groups is 1. The molecule has 4 nitrogen and oxygen atoms in total. The molecule has 0 aromatic heterocycles. The number of rotatable bonds is 4. The number of benzene rings is 2. The van der Waals surface area contributed by atoms with E-state index in [2.05, 4.69) is 4.90 Å². The minimum Gasteiger partial charge on any atom is -0.497 e. The molecule has 0 spiro atoms. The zero-order valence-corrected chi connectivity index (χ0v) is 13.9. The third-order valence-electron chi connectivity index (χ3n) is 4.42. The molecule has 1 atom stereocenters. The molecule has 1 heterocycles. The van der Waals surface area contributed by atoms with E-state index in [-0.39, 0.29) is 17.8 Å². The Kier molecular flexibility index (Phi) is 4.81. The van der Waals surface area contributed by atoms with E-state index < -0.39 is 0 Å². The molecular weight excluding hydrogens is 307 g/mol. The van der Waals surface area contributed by atoms with Crippen LogP contribution >= 0.6 is 0 Å². The van der Waals surface area contributed by atoms with Crippen LogP contribution < -0.4 is 9.64 Å². The van der Waals surface area contributed by atoms with Crippen LogP contribution in [0.4, 0.5) is 10.1 Å². The highest BCUT2D eigenvalue weighted by Crippen LogP contribution is 2.23. The number of hydrogen-bond donors (Lipinski definition) is 0. The zero-order valence-electron chi connectivity index (χ0n) is 13.9. The minimum absolute atomic E-state index is 0.00486. The number of nitrogens with zero attached hydrogens (tertiary/aromatic N) is 2. The molecule has 1 aliphatic rings. The fourth-order valence-corrected chi connectivity index (χ4v) is 3.04. The van der Waals surface area contributed by atoms with Gasteiger partial charge < -0.3 is 9.64 Å². The van der Waals surface area contributed by atoms with Gasteiger partial charge in [0.25, 0.3) is 0 Å². The lowest BCUT2D eigenvalue weighted by atomic mass is 10.1. The number of halogens is 1. The Hall–Kier alpha value is -2.40. The van der Waals surface area contributed by atoms with Gasteiger partial charge in [-0.25, -0.2) is 4.39 Å². The van der Waals surface area contributed by atoms with E-state index in [0.717, 1.165) is 17.9 Å². The standard InChI is InChI=1S/C19H21FN2O2/c1-14-19(23)22(17-7-4-6-16(20)12-17)10-9-21(14)13-15-5-3-8-18(11-15)24-2/h3-8,11-12,14H,9-10,13H2,1-2H3. The predicted octanol–water partition coefficient (Wildman–Crippen LogP) is 3.07. The van der Waals surface area contributed by atoms with Crippen molar-refractivity contribution in [2.45, 2.75) is 19.5 Å². The minimum atomic E-state index is -0.327. The summed E-state index contributed by atoms with van der Waals surface area (Å²) in [5.74, 6) is 0.478. The van der Waals surface area contributed by atoms with Gasteiger partial charge in [0.15, 0.2) is 0 Å². The van der Waals surface area contributed by atoms with Crippen LogP contribution in [0.15, 0.2) is 48.5 Å². The number of anilines is 1. The smallest absolute Gasteiger partial charge is 0.244 e. The third-order valence-corrected chi connectivity index (χ3v) is 4.42. The predicted molar refractivity (Wildman–Crippen MR) is 91.6 cm³/mol. The monoisotopic (exact) mass is 328 g/mol. The first-order valence-electron chi connectivity index (χ1n) is 8.02. The van der Waals surface area contributed by atoms with E-state index in [1.165, 1.54) is 12.1 Å². The maximum absolute atomic E-state index is 13.4. The molecule has 2 aromatic rings. The Morgan fingerprint density at radius 3 is 2.71 bits per heavy atom. The molecule has 0 bridgehead atoms. The lowest BCUT2D eigenvalue weighted by molar-refractivity contribution is -0.125. The van der Waals surface area contributed by atoms with Crippen LogP contribution in [-0.4, -0.2) is 37.0 Å². The van der Waals surface area contributed by atoms with E-state index in [4.69, 9.17) is 4.74 Å². The van der Waals surface area contributed by atoms with Crippen LogP contribution in [0.5, 0.6) is 5.75 Å². The second kappa shape index (κ2) is 7.01. The summed E-state index contributed by atoms with van der Waals surface area (Å²) in [5, 5.41) is 0. The summed E-state index contributed by atoms with van der Waals surface area (Å²) in [6.45, 7) is 3.87. The highest BCUT2D eigenvalue weighted by molar-refractivity contribution is 5.97. The Morgan fingerprint density at radius 1 is 1.17 bits per heavy atom. The third kappa shape index (κ3) is 3.41. The fourth-order valence-electron chi connectivity index (χ4n) is 3.04. The number of amides is 1. The molecule has 2 aromatic carbocycles. The van der Waals surface area contributed by atoms with Gasteiger partial charge in [-0.3, -0.25) is 9.69 Å². The van der Waals surface area contributed by atoms with Crippen LogP contribution in [0, 0.1) is 5.82 Å². The van der Waals surface area contributed by atoms with E-state index >= 15 is 0 Å². The number of ether oxygens (including phenoxy) is 1. The van der Waals surface area contributed by atoms with Crippen molar-refractivity contribution in [3.63, 3.8) is 0 Å². The second-order valence-electron chi connectivity index (χ2n) is 5.97. The zero-order chi connectivity index (χ0) is 17.1. The van der Waals surface area contributed by atoms with Crippen molar-refractivity contribution < 1.29 is 13.9 Å². The van der Waals surface area contributed by atoms with Gasteiger partial charge in [0.05, 0.1) is 13.2 Å². The van der Waals surface area contributed by atoms with E-state index in [0.29, 0.717) is 18.8 Å². The highest BCUT2D eigenvalue weighted by Gasteiger charge is 2.32. The Morgan fingerprint density at radius 2 is 1.96 bits per heavy atom. The number of hydrogen-bond acceptors (Lipinski definition) is 3. The average Bonchev–Trinajstić information content (AvgIpc) is 2.59. The quantitative estimate of drug-likeness (QED) is 0.865. The molecule has 1 fully saturated rings. The van der Waals surface area contributed by atoms with Crippen LogP contribution in [0.3, 0.4) is 0 Å². The lowest BCUT2D eigenvalue weighted by Gasteiger charge is -2.39. The summed E-state index contributed by atoms with van der Waals surface area (Å²) in [5.41, 5.74) is 1.72. The number of carbonyl (C=O) groups excluding carboxylic acids is 1. The summed E-state index contributed by atoms with van der Waals surface area (Å²) in [7, 11) is 1.64. The fraction of sp³-hybridized carbons (Fsp3) is 0.316. The van der Waals surface area contributed by atoms with Crippen molar-refractivity contribution >= 4 is 11.6 Å². The summed E-state index contributed by atoms with van der Waals surface area (Å²) in [4.78, 5) is 16.5. The van der Waals surface area contributed by atoms with Gasteiger partial charge in [-0.05, 0) is 42.8 Å². The van der Waals surface area contributed by atoms with Gasteiger partial charge in [-0.1, -0.05) is 18.2 Å². The first-order chi connectivity index (χ1) is 11.6. The Bertz CT molecular complexity index is 735. The van der Waals surface area contributed by atoms with Crippen molar-refractivity contribution in [1.29, 1.82) is 0 Å². The molecule has 3 rings (SSSR count). The SMILES string of the molecule is COc1cccc(CN2CCN(c3cccc(F)c3)C(=O)C2C)c1. The topological polar surface area (TPSA) is 32.8 Å². The van der Waals surface area contributed by atoms with Crippen molar-refractivity contribution in [3.8, 4) is 5.75 Å². The van der Waals surface area contributed by atoms with Gasteiger partial charge in [-0.15, -0.1) is 0 Å². The molecule has 1 saturated heterocycles. The lowest BCUT2D eigenvalue weighted by Crippen LogP contribution is -2.55. The van der Waals surface area contributed by atoms with Crippen LogP contribution in [0.25, 0.3) is 0 Å². The van der Waals surface area contributed by atoms with E-state index in [9.17, 15) is 9.18 Å². The molecule has 0 aliphatic carbocycles. The summed E-state index contributed by atoms with van der Waals surface area (Å²) >= 11 is 0. The number of methoxy groups -OCH3 is 1. The first kappa shape index (κ1) is 16.5. The maximum atomic E-state index is 13.4. The van der Waals surface area contributed by atoms with Crippen LogP contribution in [0.1, 0.15) is 12.5 Å².